The molecule has 0 aromatic heterocycles. The Morgan fingerprint density at radius 3 is 2.20 bits per heavy atom. The number of hydrogen-bond donors (Lipinski definition) is 3. The summed E-state index contributed by atoms with van der Waals surface area (Å²) >= 11 is 0. The highest BCUT2D eigenvalue weighted by atomic mass is 16.6. The molecule has 8 unspecified atom stereocenters. The Kier molecular flexibility index (Phi) is 13.2. The van der Waals surface area contributed by atoms with Gasteiger partial charge in [-0.2, -0.15) is 0 Å². The van der Waals surface area contributed by atoms with E-state index in [4.69, 9.17) is 19.9 Å². The lowest BCUT2D eigenvalue weighted by atomic mass is 9.66. The second-order valence-corrected chi connectivity index (χ2v) is 13.9. The summed E-state index contributed by atoms with van der Waals surface area (Å²) in [4.78, 5) is 24.2. The molecule has 0 aromatic carbocycles. The van der Waals surface area contributed by atoms with Gasteiger partial charge in [0.1, 0.15) is 18.4 Å². The van der Waals surface area contributed by atoms with Gasteiger partial charge in [-0.25, -0.2) is 0 Å². The van der Waals surface area contributed by atoms with Crippen LogP contribution in [0, 0.1) is 23.7 Å². The van der Waals surface area contributed by atoms with Crippen molar-refractivity contribution in [2.24, 2.45) is 29.4 Å². The zero-order valence-electron chi connectivity index (χ0n) is 25.9. The van der Waals surface area contributed by atoms with Crippen molar-refractivity contribution >= 4 is 11.9 Å². The van der Waals surface area contributed by atoms with Crippen molar-refractivity contribution < 1.29 is 34.2 Å². The SMILES string of the molecule is CC(=O)OC(CCC1CC(OC2CCCCC2)C(O)CC1C1CC[NH2+]C(N)C1)CC(CC1CCCCC1)OC(C)=O. The van der Waals surface area contributed by atoms with Crippen molar-refractivity contribution in [1.82, 2.24) is 0 Å². The van der Waals surface area contributed by atoms with Gasteiger partial charge in [-0.3, -0.25) is 15.3 Å². The first-order valence-electron chi connectivity index (χ1n) is 17.0. The molecule has 1 heterocycles. The highest BCUT2D eigenvalue weighted by Crippen LogP contribution is 2.43. The largest absolute Gasteiger partial charge is 0.462 e. The lowest BCUT2D eigenvalue weighted by molar-refractivity contribution is -0.699. The van der Waals surface area contributed by atoms with E-state index in [2.05, 4.69) is 5.32 Å². The molecule has 0 aromatic rings. The van der Waals surface area contributed by atoms with Crippen molar-refractivity contribution in [2.45, 2.75) is 166 Å². The van der Waals surface area contributed by atoms with E-state index in [1.807, 2.05) is 0 Å². The van der Waals surface area contributed by atoms with Crippen molar-refractivity contribution in [1.29, 1.82) is 0 Å². The van der Waals surface area contributed by atoms with Crippen molar-refractivity contribution in [2.75, 3.05) is 6.54 Å². The van der Waals surface area contributed by atoms with Gasteiger partial charge in [0.25, 0.3) is 0 Å². The molecule has 8 heteroatoms. The summed E-state index contributed by atoms with van der Waals surface area (Å²) in [6.07, 6.45) is 18.1. The molecule has 1 aliphatic heterocycles. The number of carbonyl (C=O) groups excluding carboxylic acids is 2. The molecule has 0 amide bonds. The molecule has 8 nitrogen and oxygen atoms in total. The van der Waals surface area contributed by atoms with Gasteiger partial charge in [0.2, 0.25) is 0 Å². The first kappa shape index (κ1) is 32.7. The van der Waals surface area contributed by atoms with Crippen LogP contribution in [0.2, 0.25) is 0 Å². The summed E-state index contributed by atoms with van der Waals surface area (Å²) in [5.41, 5.74) is 6.37. The third-order valence-corrected chi connectivity index (χ3v) is 10.6. The van der Waals surface area contributed by atoms with Gasteiger partial charge in [0, 0.05) is 26.7 Å². The Labute approximate surface area is 248 Å². The Bertz CT molecular complexity index is 799. The summed E-state index contributed by atoms with van der Waals surface area (Å²) in [7, 11) is 0. The molecule has 4 aliphatic rings. The standard InChI is InChI=1S/C33H58N2O6/c1-22(36)39-28(20-29(40-23(2)37)17-24-9-5-3-6-10-24)14-13-25-18-32(41-27-11-7-4-8-12-27)31(38)21-30(25)26-15-16-35-33(34)19-26/h24-33,35,38H,3-21,34H2,1-2H3/p+1. The van der Waals surface area contributed by atoms with Crippen LogP contribution >= 0.6 is 0 Å². The van der Waals surface area contributed by atoms with E-state index in [0.29, 0.717) is 30.1 Å². The van der Waals surface area contributed by atoms with E-state index in [1.165, 1.54) is 65.2 Å². The quantitative estimate of drug-likeness (QED) is 0.294. The van der Waals surface area contributed by atoms with E-state index in [1.54, 1.807) is 0 Å². The molecule has 0 bridgehead atoms. The van der Waals surface area contributed by atoms with Gasteiger partial charge in [0.05, 0.1) is 24.9 Å². The third kappa shape index (κ3) is 10.8. The summed E-state index contributed by atoms with van der Waals surface area (Å²) in [5.74, 6) is 1.29. The van der Waals surface area contributed by atoms with Gasteiger partial charge in [0.15, 0.2) is 0 Å². The average molecular weight is 580 g/mol. The first-order valence-corrected chi connectivity index (χ1v) is 17.0. The monoisotopic (exact) mass is 579 g/mol. The van der Waals surface area contributed by atoms with Gasteiger partial charge < -0.3 is 24.6 Å². The van der Waals surface area contributed by atoms with Gasteiger partial charge >= 0.3 is 11.9 Å². The molecule has 0 spiro atoms. The molecular weight excluding hydrogens is 520 g/mol. The van der Waals surface area contributed by atoms with Crippen LogP contribution in [0.5, 0.6) is 0 Å². The minimum Gasteiger partial charge on any atom is -0.462 e. The summed E-state index contributed by atoms with van der Waals surface area (Å²) in [6, 6.07) is 0. The highest BCUT2D eigenvalue weighted by molar-refractivity contribution is 5.66. The van der Waals surface area contributed by atoms with E-state index < -0.39 is 6.10 Å². The van der Waals surface area contributed by atoms with E-state index in [9.17, 15) is 14.7 Å². The molecule has 4 rings (SSSR count). The number of ether oxygens (including phenoxy) is 3. The molecule has 4 fully saturated rings. The second-order valence-electron chi connectivity index (χ2n) is 13.9. The maximum atomic E-state index is 12.2. The predicted octanol–water partition coefficient (Wildman–Crippen LogP) is 4.35. The minimum absolute atomic E-state index is 0.126. The van der Waals surface area contributed by atoms with Crippen LogP contribution in [0.15, 0.2) is 0 Å². The third-order valence-electron chi connectivity index (χ3n) is 10.6. The van der Waals surface area contributed by atoms with Gasteiger partial charge in [-0.1, -0.05) is 51.4 Å². The number of aliphatic hydroxyl groups excluding tert-OH is 1. The fraction of sp³-hybridized carbons (Fsp3) is 0.939. The van der Waals surface area contributed by atoms with Crippen molar-refractivity contribution in [3.05, 3.63) is 0 Å². The number of hydrogen-bond acceptors (Lipinski definition) is 7. The van der Waals surface area contributed by atoms with Crippen LogP contribution in [0.3, 0.4) is 0 Å². The van der Waals surface area contributed by atoms with Crippen LogP contribution in [-0.4, -0.2) is 60.3 Å². The Morgan fingerprint density at radius 1 is 0.878 bits per heavy atom. The van der Waals surface area contributed by atoms with Crippen LogP contribution in [0.1, 0.15) is 129 Å². The minimum atomic E-state index is -0.437. The van der Waals surface area contributed by atoms with E-state index in [-0.39, 0.29) is 42.5 Å². The fourth-order valence-corrected chi connectivity index (χ4v) is 8.61. The lowest BCUT2D eigenvalue weighted by Gasteiger charge is -2.45. The van der Waals surface area contributed by atoms with Gasteiger partial charge in [-0.15, -0.1) is 0 Å². The maximum Gasteiger partial charge on any atom is 0.302 e. The van der Waals surface area contributed by atoms with Crippen LogP contribution in [0.4, 0.5) is 0 Å². The second kappa shape index (κ2) is 16.6. The molecule has 236 valence electrons. The predicted molar refractivity (Wildman–Crippen MR) is 158 cm³/mol. The van der Waals surface area contributed by atoms with E-state index >= 15 is 0 Å². The smallest absolute Gasteiger partial charge is 0.302 e. The Morgan fingerprint density at radius 2 is 1.54 bits per heavy atom. The Balaban J connectivity index is 1.43. The molecule has 0 radical (unpaired) electrons. The number of nitrogens with two attached hydrogens (primary N) is 2. The molecular formula is C33H59N2O6+. The number of quaternary nitrogens is 1. The number of piperidine rings is 1. The number of carbonyl (C=O) groups is 2. The lowest BCUT2D eigenvalue weighted by Crippen LogP contribution is -2.94. The number of rotatable bonds is 12. The average Bonchev–Trinajstić information content (AvgIpc) is 2.93. The molecule has 41 heavy (non-hydrogen) atoms. The molecule has 3 saturated carbocycles. The summed E-state index contributed by atoms with van der Waals surface area (Å²) < 4.78 is 18.2. The molecule has 3 aliphatic carbocycles. The van der Waals surface area contributed by atoms with E-state index in [0.717, 1.165) is 64.3 Å². The Hall–Kier alpha value is -1.22. The van der Waals surface area contributed by atoms with Gasteiger partial charge in [-0.05, 0) is 75.0 Å². The first-order chi connectivity index (χ1) is 19.8. The van der Waals surface area contributed by atoms with Crippen LogP contribution in [-0.2, 0) is 23.8 Å². The zero-order chi connectivity index (χ0) is 29.2. The molecule has 8 atom stereocenters. The van der Waals surface area contributed by atoms with Crippen molar-refractivity contribution in [3.63, 3.8) is 0 Å². The highest BCUT2D eigenvalue weighted by Gasteiger charge is 2.43. The topological polar surface area (TPSA) is 125 Å². The number of aliphatic hydroxyl groups is 1. The summed E-state index contributed by atoms with van der Waals surface area (Å²) in [6.45, 7) is 3.99. The fourth-order valence-electron chi connectivity index (χ4n) is 8.61. The van der Waals surface area contributed by atoms with Crippen LogP contribution < -0.4 is 11.1 Å². The summed E-state index contributed by atoms with van der Waals surface area (Å²) in [5, 5.41) is 13.5. The number of esters is 2. The molecule has 1 saturated heterocycles. The normalized spacial score (nSPS) is 33.6. The maximum absolute atomic E-state index is 12.2. The van der Waals surface area contributed by atoms with Crippen LogP contribution in [0.25, 0.3) is 0 Å². The van der Waals surface area contributed by atoms with Crippen molar-refractivity contribution in [3.8, 4) is 0 Å². The zero-order valence-corrected chi connectivity index (χ0v) is 25.9. The molecule has 5 N–H and O–H groups in total.